The number of nitrogens with zero attached hydrogens (tertiary/aromatic N) is 8. The zero-order chi connectivity index (χ0) is 74.9. The molecule has 0 amide bonds. The first-order valence-corrected chi connectivity index (χ1v) is 43.3. The molecule has 8 bridgehead atoms. The number of aromatic nitrogens is 8. The average molecular weight is 1560 g/mol. The number of hydrogen-bond donors (Lipinski definition) is 0. The molecule has 112 heavy (non-hydrogen) atoms. The van der Waals surface area contributed by atoms with E-state index in [2.05, 4.69) is 113 Å². The van der Waals surface area contributed by atoms with Gasteiger partial charge in [-0.3, -0.25) is 0 Å². The smallest absolute Gasteiger partial charge is 0.284 e. The summed E-state index contributed by atoms with van der Waals surface area (Å²) in [5, 5.41) is 0. The molecule has 562 valence electrons. The highest BCUT2D eigenvalue weighted by molar-refractivity contribution is 8.30. The van der Waals surface area contributed by atoms with Crippen LogP contribution in [0.1, 0.15) is 224 Å². The summed E-state index contributed by atoms with van der Waals surface area (Å²) in [6.07, 6.45) is 19.1. The van der Waals surface area contributed by atoms with Crippen LogP contribution in [0.5, 0.6) is 93.0 Å². The second-order valence-electron chi connectivity index (χ2n) is 30.2. The van der Waals surface area contributed by atoms with Crippen LogP contribution < -0.4 is 37.9 Å². The first-order valence-electron chi connectivity index (χ1n) is 40.1. The van der Waals surface area contributed by atoms with Crippen molar-refractivity contribution in [3.63, 3.8) is 0 Å². The highest BCUT2D eigenvalue weighted by Crippen LogP contribution is 2.64. The number of benzene rings is 9. The molecule has 2 unspecified atom stereocenters. The second-order valence-corrected chi connectivity index (χ2v) is 34.9. The molecule has 0 N–H and O–H groups in total. The van der Waals surface area contributed by atoms with Gasteiger partial charge in [-0.05, 0) is 111 Å². The molecule has 10 heterocycles. The van der Waals surface area contributed by atoms with Crippen LogP contribution in [-0.2, 0) is 0 Å². The van der Waals surface area contributed by atoms with Crippen molar-refractivity contribution in [1.82, 2.24) is 39.9 Å². The van der Waals surface area contributed by atoms with Crippen LogP contribution in [0.25, 0.3) is 44.1 Å². The fourth-order valence-corrected chi connectivity index (χ4v) is 22.3. The quantitative estimate of drug-likeness (QED) is 0.0658. The number of hydrogen-bond acceptors (Lipinski definition) is 20. The molecule has 9 aromatic carbocycles. The Labute approximate surface area is 667 Å². The number of rotatable bonds is 20. The van der Waals surface area contributed by atoms with Crippen LogP contribution in [0.4, 0.5) is 0 Å². The Bertz CT molecular complexity index is 5640. The molecule has 0 saturated carbocycles. The lowest BCUT2D eigenvalue weighted by molar-refractivity contribution is 0.377. The summed E-state index contributed by atoms with van der Waals surface area (Å²) in [7, 11) is 0. The van der Waals surface area contributed by atoms with Gasteiger partial charge in [0.25, 0.3) is 47.0 Å². The molecule has 4 aromatic heterocycles. The molecule has 1 aliphatic carbocycles. The molecule has 6 aliphatic heterocycles. The maximum atomic E-state index is 7.71. The van der Waals surface area contributed by atoms with Crippen LogP contribution in [0, 0.1) is 0 Å². The molecular formula is C92H82N8O8S4. The Balaban J connectivity index is 0.913. The number of ether oxygens (including phenoxy) is 8. The van der Waals surface area contributed by atoms with Gasteiger partial charge >= 0.3 is 0 Å². The molecule has 7 aliphatic rings. The van der Waals surface area contributed by atoms with Gasteiger partial charge in [0, 0.05) is 112 Å². The van der Waals surface area contributed by atoms with Gasteiger partial charge in [0.15, 0.2) is 0 Å². The van der Waals surface area contributed by atoms with Gasteiger partial charge in [-0.15, -0.1) is 0 Å². The van der Waals surface area contributed by atoms with Gasteiger partial charge in [0.1, 0.15) is 46.0 Å². The molecule has 20 rings (SSSR count). The first-order chi connectivity index (χ1) is 55.2. The summed E-state index contributed by atoms with van der Waals surface area (Å²) >= 11 is 7.22. The van der Waals surface area contributed by atoms with E-state index < -0.39 is 0 Å². The van der Waals surface area contributed by atoms with Crippen molar-refractivity contribution >= 4 is 91.2 Å². The standard InChI is InChI=1S/C92H82N8O8S4/c1-5-9-13-17-29-51-55-41-57-52(30-18-14-10-6-2)59-43-61-54(32-20-16-12-8-4)62-44-60-53(31-19-15-11-7-3)58-42-56(51)72-48-74(58)104-86-88(98-68-38-26-24-36-66(68)96-86)106-76(60)50-78(62)108-90-89(99-69-45-81-82(46-70(69)100-90)112-92(111-81)91-109-79-39-27-28-40-80(79)110-91)107-77(61)49-75(59)105-87-85(95-65-35-23-25-37-67(65)97-87)103-73(57)47-71(55)101-83-84(102-72)94-64-34-22-21-33-63(64)93-83/h21-28,33-54H,5-20,29-32H2,1-4H3. The van der Waals surface area contributed by atoms with Crippen molar-refractivity contribution in [2.45, 2.75) is 199 Å². The molecule has 0 radical (unpaired) electrons. The van der Waals surface area contributed by atoms with Gasteiger partial charge in [0.2, 0.25) is 0 Å². The van der Waals surface area contributed by atoms with E-state index in [-0.39, 0.29) is 70.7 Å². The number of thioether (sulfide) groups is 4. The molecule has 13 aromatic rings. The highest BCUT2D eigenvalue weighted by Gasteiger charge is 2.41. The van der Waals surface area contributed by atoms with E-state index in [1.165, 1.54) is 18.3 Å². The SMILES string of the molecule is CCCCCCC1c2cc3c4cc2Oc2nc5ccccc5nc2Oc2cc5c(cc21)C(CCCCCC)c1cc2c(cc1Oc1nc6ccccc6nc1O5)Oc1nc5cc6c(cc5nc1Oc1cc(c(cc1C2CCCCCC)C3CCCCCC)Oc1nc2ccccc2nc1O4)SC(=C1Sc2ccccc2S1)S6. The lowest BCUT2D eigenvalue weighted by Gasteiger charge is -2.30. The van der Waals surface area contributed by atoms with Crippen LogP contribution in [-0.4, -0.2) is 39.9 Å². The monoisotopic (exact) mass is 1550 g/mol. The number of unbranched alkanes of at least 4 members (excludes halogenated alkanes) is 12. The third kappa shape index (κ3) is 13.4. The fraction of sp³-hybridized carbons (Fsp3) is 0.304. The normalized spacial score (nSPS) is 17.0. The van der Waals surface area contributed by atoms with E-state index in [1.54, 1.807) is 23.5 Å². The lowest BCUT2D eigenvalue weighted by Crippen LogP contribution is -2.13. The van der Waals surface area contributed by atoms with Crippen molar-refractivity contribution in [2.75, 3.05) is 0 Å². The third-order valence-corrected chi connectivity index (χ3v) is 28.2. The maximum absolute atomic E-state index is 7.71. The summed E-state index contributed by atoms with van der Waals surface area (Å²) in [5.74, 6) is 4.45. The summed E-state index contributed by atoms with van der Waals surface area (Å²) in [4.78, 5) is 47.8. The molecule has 0 fully saturated rings. The van der Waals surface area contributed by atoms with Crippen molar-refractivity contribution in [1.29, 1.82) is 0 Å². The lowest BCUT2D eigenvalue weighted by atomic mass is 9.76. The van der Waals surface area contributed by atoms with Gasteiger partial charge < -0.3 is 37.9 Å². The Morgan fingerprint density at radius 3 is 0.652 bits per heavy atom. The molecule has 0 saturated heterocycles. The van der Waals surface area contributed by atoms with Gasteiger partial charge in [0.05, 0.1) is 52.6 Å². The minimum absolute atomic E-state index is 0.191. The predicted molar refractivity (Wildman–Crippen MR) is 444 cm³/mol. The Hall–Kier alpha value is -10.1. The van der Waals surface area contributed by atoms with Gasteiger partial charge in [-0.2, -0.15) is 0 Å². The van der Waals surface area contributed by atoms with Crippen molar-refractivity contribution in [3.8, 4) is 93.0 Å². The summed E-state index contributed by atoms with van der Waals surface area (Å²) < 4.78 is 63.3. The van der Waals surface area contributed by atoms with E-state index in [0.29, 0.717) is 90.1 Å². The predicted octanol–water partition coefficient (Wildman–Crippen LogP) is 28.0. The van der Waals surface area contributed by atoms with Gasteiger partial charge in [-0.25, -0.2) is 39.9 Å². The minimum Gasteiger partial charge on any atom is -0.434 e. The number of para-hydroxylation sites is 6. The molecular weight excluding hydrogens is 1470 g/mol. The second kappa shape index (κ2) is 30.4. The Morgan fingerprint density at radius 2 is 0.429 bits per heavy atom. The summed E-state index contributed by atoms with van der Waals surface area (Å²) in [5.41, 5.74) is 12.8. The molecule has 2 atom stereocenters. The topological polar surface area (TPSA) is 177 Å². The van der Waals surface area contributed by atoms with Crippen molar-refractivity contribution in [3.05, 3.63) is 211 Å². The minimum atomic E-state index is -0.372. The molecule has 16 nitrogen and oxygen atoms in total. The third-order valence-electron chi connectivity index (χ3n) is 22.6. The van der Waals surface area contributed by atoms with E-state index in [0.717, 1.165) is 183 Å². The van der Waals surface area contributed by atoms with Crippen LogP contribution in [0.3, 0.4) is 0 Å². The Morgan fingerprint density at radius 1 is 0.223 bits per heavy atom. The van der Waals surface area contributed by atoms with E-state index in [9.17, 15) is 0 Å². The zero-order valence-electron chi connectivity index (χ0n) is 62.9. The molecule has 20 heteroatoms. The first kappa shape index (κ1) is 71.0. The number of fused-ring (bicyclic) bond motifs is 10. The highest BCUT2D eigenvalue weighted by atomic mass is 32.2. The van der Waals surface area contributed by atoms with Crippen molar-refractivity contribution in [2.24, 2.45) is 0 Å². The fourth-order valence-electron chi connectivity index (χ4n) is 17.0. The van der Waals surface area contributed by atoms with E-state index >= 15 is 0 Å². The largest absolute Gasteiger partial charge is 0.434 e. The Kier molecular flexibility index (Phi) is 19.3. The maximum Gasteiger partial charge on any atom is 0.284 e. The van der Waals surface area contributed by atoms with E-state index in [1.807, 2.05) is 96.3 Å². The molecule has 0 spiro atoms. The zero-order valence-corrected chi connectivity index (χ0v) is 66.2. The summed E-state index contributed by atoms with van der Waals surface area (Å²) in [6.45, 7) is 9.08. The van der Waals surface area contributed by atoms with Crippen molar-refractivity contribution < 1.29 is 37.9 Å². The summed E-state index contributed by atoms with van der Waals surface area (Å²) in [6, 6.07) is 54.4. The van der Waals surface area contributed by atoms with Crippen LogP contribution >= 0.6 is 47.0 Å². The van der Waals surface area contributed by atoms with Gasteiger partial charge in [-0.1, -0.05) is 226 Å². The van der Waals surface area contributed by atoms with E-state index in [4.69, 9.17) is 77.8 Å². The average Bonchev–Trinajstić information content (AvgIpc) is 1.84. The van der Waals surface area contributed by atoms with Crippen LogP contribution in [0.2, 0.25) is 0 Å². The van der Waals surface area contributed by atoms with Crippen LogP contribution in [0.15, 0.2) is 186 Å².